The van der Waals surface area contributed by atoms with E-state index in [2.05, 4.69) is 12.2 Å². The molecule has 0 N–H and O–H groups in total. The van der Waals surface area contributed by atoms with Crippen molar-refractivity contribution in [2.45, 2.75) is 12.8 Å². The Hall–Kier alpha value is -0.410. The van der Waals surface area contributed by atoms with Crippen LogP contribution in [0.2, 0.25) is 0 Å². The lowest BCUT2D eigenvalue weighted by molar-refractivity contribution is 0.545. The Bertz CT molecular complexity index is 280. The van der Waals surface area contributed by atoms with Crippen molar-refractivity contribution >= 4 is 11.0 Å². The Balaban J connectivity index is 2.12. The number of nitrogens with zero attached hydrogens (tertiary/aromatic N) is 1. The SMILES string of the molecule is CS(=O)N1CC2=C(CCC=C2)C1. The molecule has 0 saturated carbocycles. The first-order chi connectivity index (χ1) is 5.77. The third-order valence-corrected chi connectivity index (χ3v) is 3.45. The fourth-order valence-electron chi connectivity index (χ4n) is 1.75. The van der Waals surface area contributed by atoms with Crippen LogP contribution in [0, 0.1) is 0 Å². The van der Waals surface area contributed by atoms with Gasteiger partial charge in [-0.25, -0.2) is 8.51 Å². The summed E-state index contributed by atoms with van der Waals surface area (Å²) in [5.41, 5.74) is 2.89. The average Bonchev–Trinajstić information content (AvgIpc) is 2.46. The van der Waals surface area contributed by atoms with E-state index >= 15 is 0 Å². The Morgan fingerprint density at radius 1 is 1.50 bits per heavy atom. The van der Waals surface area contributed by atoms with Crippen molar-refractivity contribution < 1.29 is 4.21 Å². The van der Waals surface area contributed by atoms with Gasteiger partial charge in [0.25, 0.3) is 0 Å². The molecule has 0 amide bonds. The van der Waals surface area contributed by atoms with Gasteiger partial charge in [-0.3, -0.25) is 0 Å². The second-order valence-electron chi connectivity index (χ2n) is 3.29. The summed E-state index contributed by atoms with van der Waals surface area (Å²) in [6.45, 7) is 1.80. The van der Waals surface area contributed by atoms with Gasteiger partial charge >= 0.3 is 0 Å². The molecule has 1 aliphatic carbocycles. The predicted molar refractivity (Wildman–Crippen MR) is 51.0 cm³/mol. The fraction of sp³-hybridized carbons (Fsp3) is 0.556. The van der Waals surface area contributed by atoms with Gasteiger partial charge in [0, 0.05) is 19.3 Å². The molecule has 0 aromatic heterocycles. The number of allylic oxidation sites excluding steroid dienone is 1. The van der Waals surface area contributed by atoms with Crippen molar-refractivity contribution in [3.8, 4) is 0 Å². The largest absolute Gasteiger partial charge is 0.243 e. The normalized spacial score (nSPS) is 26.1. The fourth-order valence-corrected chi connectivity index (χ4v) is 2.41. The maximum atomic E-state index is 11.2. The topological polar surface area (TPSA) is 20.3 Å². The first-order valence-corrected chi connectivity index (χ1v) is 5.75. The summed E-state index contributed by atoms with van der Waals surface area (Å²) in [5, 5.41) is 0. The molecule has 12 heavy (non-hydrogen) atoms. The van der Waals surface area contributed by atoms with E-state index in [1.807, 2.05) is 4.31 Å². The van der Waals surface area contributed by atoms with E-state index in [1.54, 1.807) is 6.26 Å². The second-order valence-corrected chi connectivity index (χ2v) is 4.66. The molecule has 0 aromatic carbocycles. The smallest absolute Gasteiger partial charge is 0.0916 e. The van der Waals surface area contributed by atoms with E-state index in [9.17, 15) is 4.21 Å². The van der Waals surface area contributed by atoms with Gasteiger partial charge in [-0.1, -0.05) is 17.7 Å². The number of hydrogen-bond donors (Lipinski definition) is 0. The standard InChI is InChI=1S/C9H13NOS/c1-12(11)10-6-8-4-2-3-5-9(8)7-10/h2,4H,3,5-7H2,1H3. The average molecular weight is 183 g/mol. The Morgan fingerprint density at radius 2 is 2.33 bits per heavy atom. The maximum absolute atomic E-state index is 11.2. The molecule has 1 atom stereocenters. The minimum Gasteiger partial charge on any atom is -0.243 e. The van der Waals surface area contributed by atoms with Gasteiger partial charge in [-0.2, -0.15) is 0 Å². The second kappa shape index (κ2) is 3.15. The van der Waals surface area contributed by atoms with Crippen LogP contribution in [0.15, 0.2) is 23.3 Å². The van der Waals surface area contributed by atoms with Crippen LogP contribution in [0.25, 0.3) is 0 Å². The van der Waals surface area contributed by atoms with Gasteiger partial charge in [0.15, 0.2) is 0 Å². The molecule has 0 saturated heterocycles. The van der Waals surface area contributed by atoms with Crippen molar-refractivity contribution in [2.75, 3.05) is 19.3 Å². The van der Waals surface area contributed by atoms with Crippen LogP contribution in [0.4, 0.5) is 0 Å². The highest BCUT2D eigenvalue weighted by Gasteiger charge is 2.23. The monoisotopic (exact) mass is 183 g/mol. The molecular formula is C9H13NOS. The van der Waals surface area contributed by atoms with E-state index in [0.29, 0.717) is 0 Å². The quantitative estimate of drug-likeness (QED) is 0.599. The van der Waals surface area contributed by atoms with Crippen molar-refractivity contribution in [3.63, 3.8) is 0 Å². The molecule has 0 fully saturated rings. The van der Waals surface area contributed by atoms with E-state index in [0.717, 1.165) is 19.5 Å². The van der Waals surface area contributed by atoms with Gasteiger partial charge in [-0.05, 0) is 18.4 Å². The predicted octanol–water partition coefficient (Wildman–Crippen LogP) is 1.24. The Morgan fingerprint density at radius 3 is 3.00 bits per heavy atom. The summed E-state index contributed by atoms with van der Waals surface area (Å²) < 4.78 is 13.2. The highest BCUT2D eigenvalue weighted by atomic mass is 32.2. The van der Waals surface area contributed by atoms with Gasteiger partial charge in [0.2, 0.25) is 0 Å². The summed E-state index contributed by atoms with van der Waals surface area (Å²) in [5.74, 6) is 0. The summed E-state index contributed by atoms with van der Waals surface area (Å²) in [6.07, 6.45) is 8.47. The lowest BCUT2D eigenvalue weighted by Crippen LogP contribution is -2.22. The molecule has 3 heteroatoms. The minimum atomic E-state index is -0.800. The molecule has 0 spiro atoms. The third-order valence-electron chi connectivity index (χ3n) is 2.46. The van der Waals surface area contributed by atoms with Gasteiger partial charge in [-0.15, -0.1) is 0 Å². The van der Waals surface area contributed by atoms with Crippen LogP contribution < -0.4 is 0 Å². The van der Waals surface area contributed by atoms with E-state index in [4.69, 9.17) is 0 Å². The zero-order chi connectivity index (χ0) is 8.55. The van der Waals surface area contributed by atoms with Gasteiger partial charge in [0.1, 0.15) is 0 Å². The minimum absolute atomic E-state index is 0.800. The Kier molecular flexibility index (Phi) is 2.15. The molecule has 2 nitrogen and oxygen atoms in total. The molecule has 0 bridgehead atoms. The van der Waals surface area contributed by atoms with Gasteiger partial charge in [0.05, 0.1) is 11.0 Å². The zero-order valence-electron chi connectivity index (χ0n) is 7.25. The molecule has 2 rings (SSSR count). The summed E-state index contributed by atoms with van der Waals surface area (Å²) in [6, 6.07) is 0. The van der Waals surface area contributed by atoms with E-state index in [-0.39, 0.29) is 0 Å². The van der Waals surface area contributed by atoms with Crippen LogP contribution in [0.3, 0.4) is 0 Å². The van der Waals surface area contributed by atoms with Crippen molar-refractivity contribution in [3.05, 3.63) is 23.3 Å². The van der Waals surface area contributed by atoms with Crippen molar-refractivity contribution in [2.24, 2.45) is 0 Å². The van der Waals surface area contributed by atoms with Crippen LogP contribution in [-0.4, -0.2) is 27.9 Å². The lowest BCUT2D eigenvalue weighted by atomic mass is 10.0. The third kappa shape index (κ3) is 1.39. The van der Waals surface area contributed by atoms with Crippen LogP contribution in [0.5, 0.6) is 0 Å². The molecule has 66 valence electrons. The molecule has 1 heterocycles. The van der Waals surface area contributed by atoms with Crippen LogP contribution in [-0.2, 0) is 11.0 Å². The summed E-state index contributed by atoms with van der Waals surface area (Å²) in [7, 11) is -0.800. The first kappa shape index (κ1) is 8.20. The Labute approximate surface area is 75.5 Å². The summed E-state index contributed by atoms with van der Waals surface area (Å²) in [4.78, 5) is 0. The van der Waals surface area contributed by atoms with Crippen LogP contribution >= 0.6 is 0 Å². The number of rotatable bonds is 1. The van der Waals surface area contributed by atoms with Crippen molar-refractivity contribution in [1.82, 2.24) is 4.31 Å². The molecule has 1 aliphatic heterocycles. The molecule has 2 aliphatic rings. The summed E-state index contributed by atoms with van der Waals surface area (Å²) >= 11 is 0. The molecule has 0 aromatic rings. The zero-order valence-corrected chi connectivity index (χ0v) is 8.06. The molecular weight excluding hydrogens is 170 g/mol. The van der Waals surface area contributed by atoms with Gasteiger partial charge < -0.3 is 0 Å². The van der Waals surface area contributed by atoms with E-state index in [1.165, 1.54) is 17.6 Å². The maximum Gasteiger partial charge on any atom is 0.0916 e. The highest BCUT2D eigenvalue weighted by Crippen LogP contribution is 2.26. The number of hydrogen-bond acceptors (Lipinski definition) is 1. The lowest BCUT2D eigenvalue weighted by Gasteiger charge is -2.10. The highest BCUT2D eigenvalue weighted by molar-refractivity contribution is 7.81. The van der Waals surface area contributed by atoms with Crippen molar-refractivity contribution in [1.29, 1.82) is 0 Å². The molecule has 1 unspecified atom stereocenters. The van der Waals surface area contributed by atoms with Crippen LogP contribution in [0.1, 0.15) is 12.8 Å². The van der Waals surface area contributed by atoms with E-state index < -0.39 is 11.0 Å². The molecule has 0 radical (unpaired) electrons. The first-order valence-electron chi connectivity index (χ1n) is 4.23.